The number of hydrogen-bond acceptors (Lipinski definition) is 6. The Bertz CT molecular complexity index is 980. The van der Waals surface area contributed by atoms with Crippen LogP contribution >= 0.6 is 0 Å². The van der Waals surface area contributed by atoms with E-state index in [-0.39, 0.29) is 23.5 Å². The maximum Gasteiger partial charge on any atom is 0.241 e. The summed E-state index contributed by atoms with van der Waals surface area (Å²) in [5, 5.41) is 0. The summed E-state index contributed by atoms with van der Waals surface area (Å²) >= 11 is 0. The molecule has 1 amide bonds. The van der Waals surface area contributed by atoms with E-state index < -0.39 is 10.0 Å². The van der Waals surface area contributed by atoms with Gasteiger partial charge in [0.25, 0.3) is 0 Å². The predicted octanol–water partition coefficient (Wildman–Crippen LogP) is 1.34. The highest BCUT2D eigenvalue weighted by atomic mass is 32.2. The maximum absolute atomic E-state index is 12.6. The fourth-order valence-electron chi connectivity index (χ4n) is 3.29. The molecule has 4 rings (SSSR count). The van der Waals surface area contributed by atoms with Crippen LogP contribution in [0.15, 0.2) is 53.4 Å². The highest BCUT2D eigenvalue weighted by Crippen LogP contribution is 2.32. The Labute approximate surface area is 169 Å². The Morgan fingerprint density at radius 1 is 1.03 bits per heavy atom. The van der Waals surface area contributed by atoms with E-state index in [1.807, 2.05) is 30.3 Å². The van der Waals surface area contributed by atoms with Crippen LogP contribution in [0.25, 0.3) is 0 Å². The van der Waals surface area contributed by atoms with Crippen LogP contribution in [0, 0.1) is 0 Å². The van der Waals surface area contributed by atoms with Gasteiger partial charge in [-0.15, -0.1) is 0 Å². The third-order valence-corrected chi connectivity index (χ3v) is 6.23. The first-order valence-corrected chi connectivity index (χ1v) is 10.8. The van der Waals surface area contributed by atoms with E-state index in [0.717, 1.165) is 5.56 Å². The third kappa shape index (κ3) is 4.52. The molecule has 2 aromatic carbocycles. The Morgan fingerprint density at radius 2 is 1.79 bits per heavy atom. The lowest BCUT2D eigenvalue weighted by atomic mass is 10.1. The van der Waals surface area contributed by atoms with E-state index in [4.69, 9.17) is 14.2 Å². The molecule has 1 N–H and O–H groups in total. The Balaban J connectivity index is 1.38. The summed E-state index contributed by atoms with van der Waals surface area (Å²) in [6.07, 6.45) is -0.219. The number of ether oxygens (including phenoxy) is 3. The quantitative estimate of drug-likeness (QED) is 0.788. The third-order valence-electron chi connectivity index (χ3n) is 4.83. The molecule has 29 heavy (non-hydrogen) atoms. The minimum atomic E-state index is -3.86. The second-order valence-corrected chi connectivity index (χ2v) is 8.51. The number of fused-ring (bicyclic) bond motifs is 1. The van der Waals surface area contributed by atoms with Gasteiger partial charge >= 0.3 is 0 Å². The molecule has 2 aliphatic heterocycles. The molecule has 2 aromatic rings. The summed E-state index contributed by atoms with van der Waals surface area (Å²) in [7, 11) is -3.86. The van der Waals surface area contributed by atoms with Gasteiger partial charge in [0.15, 0.2) is 11.5 Å². The predicted molar refractivity (Wildman–Crippen MR) is 104 cm³/mol. The summed E-state index contributed by atoms with van der Waals surface area (Å²) in [6, 6.07) is 14.0. The van der Waals surface area contributed by atoms with Gasteiger partial charge in [0, 0.05) is 12.6 Å². The first-order chi connectivity index (χ1) is 14.0. The van der Waals surface area contributed by atoms with E-state index in [1.54, 1.807) is 11.0 Å². The SMILES string of the molecule is O=C(CNS(=O)(=O)c1ccc2c(c1)OCCO2)N1CCO[C@@H](c2ccccc2)C1. The minimum Gasteiger partial charge on any atom is -0.486 e. The van der Waals surface area contributed by atoms with Crippen LogP contribution in [0.2, 0.25) is 0 Å². The molecule has 8 nitrogen and oxygen atoms in total. The smallest absolute Gasteiger partial charge is 0.241 e. The molecule has 0 bridgehead atoms. The minimum absolute atomic E-state index is 0.0266. The largest absolute Gasteiger partial charge is 0.486 e. The molecule has 1 saturated heterocycles. The lowest BCUT2D eigenvalue weighted by molar-refractivity contribution is -0.137. The van der Waals surface area contributed by atoms with Crippen molar-refractivity contribution in [3.8, 4) is 11.5 Å². The van der Waals surface area contributed by atoms with Crippen LogP contribution in [-0.4, -0.2) is 58.7 Å². The second-order valence-electron chi connectivity index (χ2n) is 6.74. The van der Waals surface area contributed by atoms with Crippen LogP contribution < -0.4 is 14.2 Å². The fourth-order valence-corrected chi connectivity index (χ4v) is 4.28. The zero-order valence-electron chi connectivity index (χ0n) is 15.7. The first-order valence-electron chi connectivity index (χ1n) is 9.36. The number of benzene rings is 2. The highest BCUT2D eigenvalue weighted by molar-refractivity contribution is 7.89. The number of carbonyl (C=O) groups excluding carboxylic acids is 1. The number of amides is 1. The van der Waals surface area contributed by atoms with E-state index in [9.17, 15) is 13.2 Å². The Kier molecular flexibility index (Phi) is 5.70. The number of carbonyl (C=O) groups is 1. The monoisotopic (exact) mass is 418 g/mol. The van der Waals surface area contributed by atoms with Gasteiger partial charge in [0.05, 0.1) is 24.6 Å². The number of hydrogen-bond donors (Lipinski definition) is 1. The van der Waals surface area contributed by atoms with Crippen molar-refractivity contribution in [3.05, 3.63) is 54.1 Å². The van der Waals surface area contributed by atoms with Crippen molar-refractivity contribution < 1.29 is 27.4 Å². The van der Waals surface area contributed by atoms with E-state index in [2.05, 4.69) is 4.72 Å². The first kappa shape index (κ1) is 19.7. The van der Waals surface area contributed by atoms with Crippen LogP contribution in [0.5, 0.6) is 11.5 Å². The lowest BCUT2D eigenvalue weighted by Gasteiger charge is -2.33. The van der Waals surface area contributed by atoms with Crippen LogP contribution in [0.3, 0.4) is 0 Å². The number of nitrogens with one attached hydrogen (secondary N) is 1. The summed E-state index contributed by atoms with van der Waals surface area (Å²) in [5.74, 6) is 0.589. The molecule has 154 valence electrons. The van der Waals surface area contributed by atoms with E-state index in [0.29, 0.717) is 44.4 Å². The summed E-state index contributed by atoms with van der Waals surface area (Å²) in [6.45, 7) is 1.68. The molecular weight excluding hydrogens is 396 g/mol. The Hall–Kier alpha value is -2.62. The molecule has 0 saturated carbocycles. The van der Waals surface area contributed by atoms with Gasteiger partial charge in [-0.2, -0.15) is 0 Å². The van der Waals surface area contributed by atoms with Gasteiger partial charge in [-0.25, -0.2) is 13.1 Å². The van der Waals surface area contributed by atoms with Crippen molar-refractivity contribution in [1.82, 2.24) is 9.62 Å². The normalized spacial score (nSPS) is 19.0. The van der Waals surface area contributed by atoms with Crippen LogP contribution in [0.4, 0.5) is 0 Å². The van der Waals surface area contributed by atoms with Crippen molar-refractivity contribution in [2.24, 2.45) is 0 Å². The molecular formula is C20H22N2O6S. The van der Waals surface area contributed by atoms with Crippen molar-refractivity contribution in [2.45, 2.75) is 11.0 Å². The number of nitrogens with zero attached hydrogens (tertiary/aromatic N) is 1. The van der Waals surface area contributed by atoms with Gasteiger partial charge in [0.2, 0.25) is 15.9 Å². The lowest BCUT2D eigenvalue weighted by Crippen LogP contribution is -2.46. The fraction of sp³-hybridized carbons (Fsp3) is 0.350. The van der Waals surface area contributed by atoms with Gasteiger partial charge in [-0.3, -0.25) is 4.79 Å². The molecule has 0 aliphatic carbocycles. The topological polar surface area (TPSA) is 94.2 Å². The molecule has 0 unspecified atom stereocenters. The summed E-state index contributed by atoms with van der Waals surface area (Å²) < 4.78 is 44.1. The van der Waals surface area contributed by atoms with Crippen molar-refractivity contribution in [1.29, 1.82) is 0 Å². The molecule has 9 heteroatoms. The van der Waals surface area contributed by atoms with Crippen LogP contribution in [0.1, 0.15) is 11.7 Å². The number of rotatable bonds is 5. The van der Waals surface area contributed by atoms with E-state index in [1.165, 1.54) is 12.1 Å². The molecule has 0 radical (unpaired) electrons. The zero-order valence-corrected chi connectivity index (χ0v) is 16.6. The molecule has 0 spiro atoms. The van der Waals surface area contributed by atoms with Crippen molar-refractivity contribution >= 4 is 15.9 Å². The molecule has 1 fully saturated rings. The van der Waals surface area contributed by atoms with Gasteiger partial charge in [-0.1, -0.05) is 30.3 Å². The van der Waals surface area contributed by atoms with Crippen molar-refractivity contribution in [2.75, 3.05) is 39.5 Å². The zero-order chi connectivity index (χ0) is 20.3. The standard InChI is InChI=1S/C20H22N2O6S/c23-20(22-8-9-26-19(14-22)15-4-2-1-3-5-15)13-21-29(24,25)16-6-7-17-18(12-16)28-11-10-27-17/h1-7,12,19,21H,8-11,13-14H2/t19-/m1/s1. The van der Waals surface area contributed by atoms with E-state index >= 15 is 0 Å². The van der Waals surface area contributed by atoms with Gasteiger partial charge < -0.3 is 19.1 Å². The molecule has 0 aromatic heterocycles. The molecule has 2 aliphatic rings. The average molecular weight is 418 g/mol. The van der Waals surface area contributed by atoms with Gasteiger partial charge in [-0.05, 0) is 17.7 Å². The number of sulfonamides is 1. The number of morpholine rings is 1. The Morgan fingerprint density at radius 3 is 2.59 bits per heavy atom. The maximum atomic E-state index is 12.6. The average Bonchev–Trinajstić information content (AvgIpc) is 2.78. The van der Waals surface area contributed by atoms with Gasteiger partial charge in [0.1, 0.15) is 19.3 Å². The highest BCUT2D eigenvalue weighted by Gasteiger charge is 2.27. The molecule has 2 heterocycles. The summed E-state index contributed by atoms with van der Waals surface area (Å²) in [4.78, 5) is 14.2. The van der Waals surface area contributed by atoms with Crippen molar-refractivity contribution in [3.63, 3.8) is 0 Å². The summed E-state index contributed by atoms with van der Waals surface area (Å²) in [5.41, 5.74) is 0.988. The second kappa shape index (κ2) is 8.40. The van der Waals surface area contributed by atoms with Crippen LogP contribution in [-0.2, 0) is 19.6 Å². The molecule has 1 atom stereocenters.